The standard InChI is InChI=1S/C15H12ClF3N4S/c1-3-24-10-4-5-12(16)22-13(10)14-21-8-6-11(15(17,18)19)20-7-9(8)23(14)2/h4-7H,3H2,1-2H3. The molecule has 3 heterocycles. The zero-order valence-electron chi connectivity index (χ0n) is 12.7. The van der Waals surface area contributed by atoms with Crippen LogP contribution in [0.4, 0.5) is 13.2 Å². The maximum atomic E-state index is 12.8. The second-order valence-corrected chi connectivity index (χ2v) is 6.66. The number of rotatable bonds is 3. The van der Waals surface area contributed by atoms with Gasteiger partial charge in [-0.1, -0.05) is 18.5 Å². The molecule has 24 heavy (non-hydrogen) atoms. The van der Waals surface area contributed by atoms with Gasteiger partial charge < -0.3 is 4.57 Å². The number of pyridine rings is 2. The van der Waals surface area contributed by atoms with Crippen molar-refractivity contribution in [3.05, 3.63) is 35.2 Å². The van der Waals surface area contributed by atoms with Crippen molar-refractivity contribution in [2.24, 2.45) is 7.05 Å². The Hall–Kier alpha value is -1.80. The average Bonchev–Trinajstić information content (AvgIpc) is 2.85. The van der Waals surface area contributed by atoms with Crippen LogP contribution >= 0.6 is 23.4 Å². The maximum Gasteiger partial charge on any atom is 0.433 e. The Bertz CT molecular complexity index is 908. The third-order valence-corrected chi connectivity index (χ3v) is 4.53. The summed E-state index contributed by atoms with van der Waals surface area (Å²) < 4.78 is 40.2. The van der Waals surface area contributed by atoms with Crippen LogP contribution in [0.15, 0.2) is 29.3 Å². The minimum Gasteiger partial charge on any atom is -0.325 e. The van der Waals surface area contributed by atoms with E-state index in [0.717, 1.165) is 16.7 Å². The van der Waals surface area contributed by atoms with Gasteiger partial charge in [0.2, 0.25) is 0 Å². The van der Waals surface area contributed by atoms with E-state index in [1.807, 2.05) is 13.0 Å². The fourth-order valence-corrected chi connectivity index (χ4v) is 3.21. The lowest BCUT2D eigenvalue weighted by atomic mass is 10.3. The summed E-state index contributed by atoms with van der Waals surface area (Å²) in [7, 11) is 1.71. The molecule has 4 nitrogen and oxygen atoms in total. The highest BCUT2D eigenvalue weighted by atomic mass is 35.5. The number of hydrogen-bond acceptors (Lipinski definition) is 4. The van der Waals surface area contributed by atoms with Gasteiger partial charge in [0.1, 0.15) is 16.5 Å². The summed E-state index contributed by atoms with van der Waals surface area (Å²) in [5.41, 5.74) is 0.278. The first kappa shape index (κ1) is 17.0. The van der Waals surface area contributed by atoms with Crippen LogP contribution < -0.4 is 0 Å². The van der Waals surface area contributed by atoms with Crippen molar-refractivity contribution in [2.75, 3.05) is 5.75 Å². The second-order valence-electron chi connectivity index (χ2n) is 4.96. The minimum absolute atomic E-state index is 0.212. The van der Waals surface area contributed by atoms with Crippen molar-refractivity contribution < 1.29 is 13.2 Å². The van der Waals surface area contributed by atoms with Crippen LogP contribution in [0, 0.1) is 0 Å². The molecule has 126 valence electrons. The topological polar surface area (TPSA) is 43.6 Å². The van der Waals surface area contributed by atoms with E-state index in [4.69, 9.17) is 11.6 Å². The highest BCUT2D eigenvalue weighted by Gasteiger charge is 2.33. The molecule has 3 aromatic rings. The van der Waals surface area contributed by atoms with Gasteiger partial charge in [-0.15, -0.1) is 11.8 Å². The Kier molecular flexibility index (Phi) is 4.44. The molecule has 0 atom stereocenters. The van der Waals surface area contributed by atoms with Gasteiger partial charge in [0.15, 0.2) is 5.82 Å². The number of hydrogen-bond donors (Lipinski definition) is 0. The van der Waals surface area contributed by atoms with Gasteiger partial charge in [0, 0.05) is 11.9 Å². The van der Waals surface area contributed by atoms with Crippen LogP contribution in [-0.2, 0) is 13.2 Å². The molecule has 0 amide bonds. The molecule has 0 N–H and O–H groups in total. The Morgan fingerprint density at radius 2 is 2.00 bits per heavy atom. The quantitative estimate of drug-likeness (QED) is 0.488. The average molecular weight is 373 g/mol. The molecular weight excluding hydrogens is 361 g/mol. The fourth-order valence-electron chi connectivity index (χ4n) is 2.31. The number of alkyl halides is 3. The fraction of sp³-hybridized carbons (Fsp3) is 0.267. The molecule has 0 spiro atoms. The van der Waals surface area contributed by atoms with Gasteiger partial charge in [-0.25, -0.2) is 15.0 Å². The summed E-state index contributed by atoms with van der Waals surface area (Å²) in [6.45, 7) is 2.00. The molecule has 0 fully saturated rings. The summed E-state index contributed by atoms with van der Waals surface area (Å²) in [5.74, 6) is 1.27. The highest BCUT2D eigenvalue weighted by Crippen LogP contribution is 2.34. The Morgan fingerprint density at radius 1 is 1.25 bits per heavy atom. The zero-order valence-corrected chi connectivity index (χ0v) is 14.3. The molecule has 0 aliphatic rings. The summed E-state index contributed by atoms with van der Waals surface area (Å²) in [4.78, 5) is 13.0. The van der Waals surface area contributed by atoms with E-state index in [-0.39, 0.29) is 5.52 Å². The van der Waals surface area contributed by atoms with Gasteiger partial charge >= 0.3 is 6.18 Å². The smallest absolute Gasteiger partial charge is 0.325 e. The molecule has 0 saturated carbocycles. The summed E-state index contributed by atoms with van der Waals surface area (Å²) in [6.07, 6.45) is -3.34. The van der Waals surface area contributed by atoms with Crippen molar-refractivity contribution in [3.63, 3.8) is 0 Å². The Labute approximate surface area is 145 Å². The number of aryl methyl sites for hydroxylation is 1. The molecule has 0 bridgehead atoms. The largest absolute Gasteiger partial charge is 0.433 e. The van der Waals surface area contributed by atoms with Crippen LogP contribution in [0.3, 0.4) is 0 Å². The van der Waals surface area contributed by atoms with Gasteiger partial charge in [-0.2, -0.15) is 13.2 Å². The molecule has 0 radical (unpaired) electrons. The number of halogens is 4. The number of nitrogens with zero attached hydrogens (tertiary/aromatic N) is 4. The third kappa shape index (κ3) is 3.08. The van der Waals surface area contributed by atoms with E-state index < -0.39 is 11.9 Å². The normalized spacial score (nSPS) is 12.1. The first-order valence-electron chi connectivity index (χ1n) is 7.00. The van der Waals surface area contributed by atoms with Gasteiger partial charge in [-0.3, -0.25) is 0 Å². The first-order valence-corrected chi connectivity index (χ1v) is 8.37. The lowest BCUT2D eigenvalue weighted by Gasteiger charge is -2.08. The zero-order chi connectivity index (χ0) is 17.5. The molecule has 0 aromatic carbocycles. The molecule has 0 unspecified atom stereocenters. The minimum atomic E-state index is -4.51. The second kappa shape index (κ2) is 6.25. The van der Waals surface area contributed by atoms with Crippen molar-refractivity contribution >= 4 is 34.4 Å². The molecule has 9 heteroatoms. The van der Waals surface area contributed by atoms with Crippen LogP contribution in [-0.4, -0.2) is 25.3 Å². The molecular formula is C15H12ClF3N4S. The first-order chi connectivity index (χ1) is 11.3. The van der Waals surface area contributed by atoms with Crippen LogP contribution in [0.1, 0.15) is 12.6 Å². The molecule has 0 aliphatic heterocycles. The van der Waals surface area contributed by atoms with E-state index >= 15 is 0 Å². The Morgan fingerprint density at radius 3 is 2.67 bits per heavy atom. The predicted octanol–water partition coefficient (Wildman–Crippen LogP) is 4.81. The van der Waals surface area contributed by atoms with E-state index in [9.17, 15) is 13.2 Å². The SMILES string of the molecule is CCSc1ccc(Cl)nc1-c1nc2cc(C(F)(F)F)ncc2n1C. The molecule has 0 saturated heterocycles. The van der Waals surface area contributed by atoms with E-state index in [0.29, 0.717) is 22.2 Å². The molecule has 0 aliphatic carbocycles. The molecule has 3 aromatic heterocycles. The van der Waals surface area contributed by atoms with Gasteiger partial charge in [0.25, 0.3) is 0 Å². The maximum absolute atomic E-state index is 12.8. The van der Waals surface area contributed by atoms with Crippen molar-refractivity contribution in [3.8, 4) is 11.5 Å². The van der Waals surface area contributed by atoms with Crippen molar-refractivity contribution in [2.45, 2.75) is 18.0 Å². The molecule has 3 rings (SSSR count). The lowest BCUT2D eigenvalue weighted by Crippen LogP contribution is -2.07. The summed E-state index contributed by atoms with van der Waals surface area (Å²) in [5, 5.41) is 0.298. The Balaban J connectivity index is 2.21. The number of aromatic nitrogens is 4. The number of imidazole rings is 1. The van der Waals surface area contributed by atoms with Gasteiger partial charge in [0.05, 0.1) is 17.2 Å². The summed E-state index contributed by atoms with van der Waals surface area (Å²) >= 11 is 7.55. The van der Waals surface area contributed by atoms with Crippen LogP contribution in [0.5, 0.6) is 0 Å². The number of fused-ring (bicyclic) bond motifs is 1. The van der Waals surface area contributed by atoms with Crippen LogP contribution in [0.2, 0.25) is 5.15 Å². The number of thioether (sulfide) groups is 1. The van der Waals surface area contributed by atoms with Gasteiger partial charge in [-0.05, 0) is 24.0 Å². The highest BCUT2D eigenvalue weighted by molar-refractivity contribution is 7.99. The van der Waals surface area contributed by atoms with Crippen molar-refractivity contribution in [1.29, 1.82) is 0 Å². The van der Waals surface area contributed by atoms with E-state index in [1.165, 1.54) is 6.20 Å². The van der Waals surface area contributed by atoms with E-state index in [1.54, 1.807) is 29.4 Å². The van der Waals surface area contributed by atoms with Crippen LogP contribution in [0.25, 0.3) is 22.6 Å². The predicted molar refractivity (Wildman–Crippen MR) is 88.2 cm³/mol. The lowest BCUT2D eigenvalue weighted by molar-refractivity contribution is -0.141. The third-order valence-electron chi connectivity index (χ3n) is 3.39. The summed E-state index contributed by atoms with van der Waals surface area (Å²) in [6, 6.07) is 4.45. The monoisotopic (exact) mass is 372 g/mol. The van der Waals surface area contributed by atoms with Crippen molar-refractivity contribution in [1.82, 2.24) is 19.5 Å². The van der Waals surface area contributed by atoms with E-state index in [2.05, 4.69) is 15.0 Å².